The molecule has 2 N–H and O–H groups in total. The van der Waals surface area contributed by atoms with E-state index in [4.69, 9.17) is 18.9 Å². The first-order chi connectivity index (χ1) is 16.6. The van der Waals surface area contributed by atoms with Crippen molar-refractivity contribution in [3.63, 3.8) is 0 Å². The Balaban J connectivity index is 1.16. The molecule has 0 aliphatic carbocycles. The monoisotopic (exact) mass is 469 g/mol. The molecule has 1 fully saturated rings. The smallest absolute Gasteiger partial charge is 0.160 e. The van der Waals surface area contributed by atoms with E-state index < -0.39 is 18.2 Å². The average Bonchev–Trinajstić information content (AvgIpc) is 2.87. The van der Waals surface area contributed by atoms with Crippen molar-refractivity contribution in [1.29, 1.82) is 0 Å². The molecule has 0 spiro atoms. The molecule has 0 amide bonds. The highest BCUT2D eigenvalue weighted by Gasteiger charge is 2.27. The number of hydrogen-bond donors (Lipinski definition) is 2. The highest BCUT2D eigenvalue weighted by atomic mass is 19.1. The Kier molecular flexibility index (Phi) is 6.87. The van der Waals surface area contributed by atoms with Crippen LogP contribution in [-0.2, 0) is 22.4 Å². The Morgan fingerprint density at radius 1 is 1.21 bits per heavy atom. The molecule has 5 rings (SSSR count). The second kappa shape index (κ2) is 10.2. The van der Waals surface area contributed by atoms with Gasteiger partial charge in [0.1, 0.15) is 17.3 Å². The van der Waals surface area contributed by atoms with Crippen LogP contribution in [0.25, 0.3) is 10.9 Å². The van der Waals surface area contributed by atoms with Crippen molar-refractivity contribution in [3.05, 3.63) is 59.3 Å². The predicted octanol–water partition coefficient (Wildman–Crippen LogP) is 3.06. The molecule has 0 radical (unpaired) electrons. The van der Waals surface area contributed by atoms with Crippen LogP contribution in [0.4, 0.5) is 4.39 Å². The summed E-state index contributed by atoms with van der Waals surface area (Å²) in [4.78, 5) is 8.56. The number of methoxy groups -OCH3 is 1. The van der Waals surface area contributed by atoms with Crippen molar-refractivity contribution in [3.8, 4) is 11.5 Å². The minimum atomic E-state index is -1.12. The molecule has 1 unspecified atom stereocenters. The van der Waals surface area contributed by atoms with E-state index in [1.54, 1.807) is 24.4 Å². The lowest BCUT2D eigenvalue weighted by molar-refractivity contribution is -0.202. The van der Waals surface area contributed by atoms with Gasteiger partial charge >= 0.3 is 0 Å². The molecule has 1 aromatic carbocycles. The maximum atomic E-state index is 14.6. The molecule has 2 aliphatic rings. The molecule has 9 heteroatoms. The minimum absolute atomic E-state index is 0.00905. The van der Waals surface area contributed by atoms with E-state index in [0.29, 0.717) is 36.4 Å². The van der Waals surface area contributed by atoms with Gasteiger partial charge in [-0.25, -0.2) is 4.39 Å². The molecule has 1 atom stereocenters. The standard InChI is InChI=1S/C25H28FN3O5/c1-31-18-4-5-21-19(8-18)25(20(26)11-29-21)22(30)9-24-33-13-17(14-34-24)27-10-16-7-15-3-2-6-32-23(15)12-28-16/h4-5,7-8,11-12,17,22,24,27,30H,2-3,6,9-10,13-14H2,1H3/t17-,22?,24-. The maximum absolute atomic E-state index is 14.6. The SMILES string of the molecule is COc1ccc2ncc(F)c(C(O)C[C@H]3OC[C@H](NCc4cc5c(cn4)OCCC5)CO3)c2c1. The average molecular weight is 470 g/mol. The van der Waals surface area contributed by atoms with Crippen LogP contribution in [0.2, 0.25) is 0 Å². The summed E-state index contributed by atoms with van der Waals surface area (Å²) in [5, 5.41) is 14.7. The number of ether oxygens (including phenoxy) is 4. The number of aliphatic hydroxyl groups excluding tert-OH is 1. The van der Waals surface area contributed by atoms with Crippen LogP contribution in [0.15, 0.2) is 36.7 Å². The fraction of sp³-hybridized carbons (Fsp3) is 0.440. The zero-order chi connectivity index (χ0) is 23.5. The molecule has 8 nitrogen and oxygen atoms in total. The third-order valence-corrected chi connectivity index (χ3v) is 6.21. The van der Waals surface area contributed by atoms with Crippen LogP contribution in [0.5, 0.6) is 11.5 Å². The summed E-state index contributed by atoms with van der Waals surface area (Å²) in [7, 11) is 1.54. The third-order valence-electron chi connectivity index (χ3n) is 6.21. The molecule has 180 valence electrons. The van der Waals surface area contributed by atoms with Gasteiger partial charge in [-0.15, -0.1) is 0 Å². The molecule has 3 aromatic rings. The number of hydrogen-bond acceptors (Lipinski definition) is 8. The number of benzene rings is 1. The van der Waals surface area contributed by atoms with Crippen molar-refractivity contribution in [2.75, 3.05) is 26.9 Å². The lowest BCUT2D eigenvalue weighted by Crippen LogP contribution is -2.44. The predicted molar refractivity (Wildman–Crippen MR) is 122 cm³/mol. The zero-order valence-corrected chi connectivity index (χ0v) is 19.0. The molecule has 1 saturated heterocycles. The molecular weight excluding hydrogens is 441 g/mol. The van der Waals surface area contributed by atoms with E-state index in [1.807, 2.05) is 0 Å². The first kappa shape index (κ1) is 22.9. The number of nitrogens with one attached hydrogen (secondary N) is 1. The number of halogens is 1. The Hall–Kier alpha value is -2.85. The summed E-state index contributed by atoms with van der Waals surface area (Å²) in [5.74, 6) is 0.859. The Labute approximate surface area is 197 Å². The first-order valence-corrected chi connectivity index (χ1v) is 11.5. The van der Waals surface area contributed by atoms with E-state index in [0.717, 1.165) is 37.1 Å². The summed E-state index contributed by atoms with van der Waals surface area (Å²) < 4.78 is 37.1. The quantitative estimate of drug-likeness (QED) is 0.545. The maximum Gasteiger partial charge on any atom is 0.160 e. The van der Waals surface area contributed by atoms with Crippen molar-refractivity contribution < 1.29 is 28.4 Å². The number of rotatable bonds is 7. The second-order valence-electron chi connectivity index (χ2n) is 8.56. The summed E-state index contributed by atoms with van der Waals surface area (Å²) >= 11 is 0. The van der Waals surface area contributed by atoms with Crippen LogP contribution in [-0.4, -0.2) is 54.3 Å². The normalized spacial score (nSPS) is 21.0. The van der Waals surface area contributed by atoms with Gasteiger partial charge < -0.3 is 29.4 Å². The lowest BCUT2D eigenvalue weighted by Gasteiger charge is -2.31. The highest BCUT2D eigenvalue weighted by molar-refractivity contribution is 5.84. The highest BCUT2D eigenvalue weighted by Crippen LogP contribution is 2.32. The second-order valence-corrected chi connectivity index (χ2v) is 8.56. The van der Waals surface area contributed by atoms with Gasteiger partial charge in [0.2, 0.25) is 0 Å². The summed E-state index contributed by atoms with van der Waals surface area (Å²) in [5.41, 5.74) is 2.88. The van der Waals surface area contributed by atoms with Crippen LogP contribution in [0.1, 0.15) is 35.8 Å². The molecule has 0 bridgehead atoms. The Bertz CT molecular complexity index is 1150. The van der Waals surface area contributed by atoms with Crippen LogP contribution < -0.4 is 14.8 Å². The Morgan fingerprint density at radius 2 is 2.06 bits per heavy atom. The number of aryl methyl sites for hydroxylation is 1. The van der Waals surface area contributed by atoms with Gasteiger partial charge in [0, 0.05) is 23.9 Å². The van der Waals surface area contributed by atoms with Gasteiger partial charge in [0.15, 0.2) is 6.29 Å². The van der Waals surface area contributed by atoms with Gasteiger partial charge in [0.05, 0.1) is 62.7 Å². The van der Waals surface area contributed by atoms with Crippen molar-refractivity contribution in [1.82, 2.24) is 15.3 Å². The summed E-state index contributed by atoms with van der Waals surface area (Å²) in [6, 6.07) is 7.22. The van der Waals surface area contributed by atoms with E-state index in [-0.39, 0.29) is 18.0 Å². The van der Waals surface area contributed by atoms with E-state index in [2.05, 4.69) is 21.4 Å². The van der Waals surface area contributed by atoms with Gasteiger partial charge in [-0.2, -0.15) is 0 Å². The van der Waals surface area contributed by atoms with Gasteiger partial charge in [0.25, 0.3) is 0 Å². The van der Waals surface area contributed by atoms with Crippen molar-refractivity contribution >= 4 is 10.9 Å². The third kappa shape index (κ3) is 4.97. The van der Waals surface area contributed by atoms with Crippen molar-refractivity contribution in [2.24, 2.45) is 0 Å². The topological polar surface area (TPSA) is 95.0 Å². The number of pyridine rings is 2. The Morgan fingerprint density at radius 3 is 2.88 bits per heavy atom. The van der Waals surface area contributed by atoms with Crippen LogP contribution >= 0.6 is 0 Å². The molecular formula is C25H28FN3O5. The molecule has 4 heterocycles. The first-order valence-electron chi connectivity index (χ1n) is 11.5. The summed E-state index contributed by atoms with van der Waals surface area (Å²) in [6.45, 7) is 2.17. The minimum Gasteiger partial charge on any atom is -0.497 e. The van der Waals surface area contributed by atoms with Gasteiger partial charge in [-0.05, 0) is 42.7 Å². The largest absolute Gasteiger partial charge is 0.497 e. The fourth-order valence-electron chi connectivity index (χ4n) is 4.38. The number of aliphatic hydroxyl groups is 1. The van der Waals surface area contributed by atoms with E-state index in [9.17, 15) is 9.50 Å². The van der Waals surface area contributed by atoms with E-state index >= 15 is 0 Å². The summed E-state index contributed by atoms with van der Waals surface area (Å²) in [6.07, 6.45) is 3.28. The molecule has 34 heavy (non-hydrogen) atoms. The number of nitrogens with zero attached hydrogens (tertiary/aromatic N) is 2. The van der Waals surface area contributed by atoms with Crippen LogP contribution in [0.3, 0.4) is 0 Å². The lowest BCUT2D eigenvalue weighted by atomic mass is 10.0. The van der Waals surface area contributed by atoms with E-state index in [1.165, 1.54) is 12.7 Å². The van der Waals surface area contributed by atoms with Gasteiger partial charge in [-0.1, -0.05) is 0 Å². The molecule has 0 saturated carbocycles. The molecule has 2 aromatic heterocycles. The fourth-order valence-corrected chi connectivity index (χ4v) is 4.38. The van der Waals surface area contributed by atoms with Crippen LogP contribution in [0, 0.1) is 5.82 Å². The number of aromatic nitrogens is 2. The zero-order valence-electron chi connectivity index (χ0n) is 19.0. The molecule has 2 aliphatic heterocycles. The van der Waals surface area contributed by atoms with Gasteiger partial charge in [-0.3, -0.25) is 9.97 Å². The number of fused-ring (bicyclic) bond motifs is 2. The van der Waals surface area contributed by atoms with Crippen molar-refractivity contribution in [2.45, 2.75) is 44.2 Å².